The normalized spacial score (nSPS) is 13.3. The van der Waals surface area contributed by atoms with Crippen LogP contribution in [0.2, 0.25) is 0 Å². The second kappa shape index (κ2) is 17.6. The van der Waals surface area contributed by atoms with Gasteiger partial charge in [0.05, 0.1) is 5.41 Å². The molecule has 0 saturated heterocycles. The first kappa shape index (κ1) is 26.1. The minimum absolute atomic E-state index is 0. The fourth-order valence-corrected chi connectivity index (χ4v) is 3.34. The number of hydrogen-bond donors (Lipinski definition) is 1. The van der Waals surface area contributed by atoms with E-state index in [1.165, 1.54) is 51.4 Å². The molecule has 0 aliphatic rings. The van der Waals surface area contributed by atoms with Crippen LogP contribution in [0.1, 0.15) is 117 Å². The van der Waals surface area contributed by atoms with Crippen LogP contribution in [0.15, 0.2) is 0 Å². The zero-order valence-corrected chi connectivity index (χ0v) is 19.2. The van der Waals surface area contributed by atoms with E-state index in [-0.39, 0.29) is 40.8 Å². The SMILES string of the molecule is CCCCCCCCC(CCCC)(CCCCCC)C(=O)O.[Nd]. The van der Waals surface area contributed by atoms with Crippen LogP contribution in [0.5, 0.6) is 0 Å². The largest absolute Gasteiger partial charge is 0.481 e. The van der Waals surface area contributed by atoms with E-state index in [1.54, 1.807) is 0 Å². The molecule has 0 radical (unpaired) electrons. The molecule has 0 aliphatic heterocycles. The van der Waals surface area contributed by atoms with Gasteiger partial charge in [0, 0.05) is 40.8 Å². The molecule has 1 N–H and O–H groups in total. The fraction of sp³-hybridized carbons (Fsp3) is 0.950. The number of hydrogen-bond acceptors (Lipinski definition) is 1. The first-order chi connectivity index (χ1) is 10.6. The predicted molar refractivity (Wildman–Crippen MR) is 96.3 cm³/mol. The van der Waals surface area contributed by atoms with Crippen molar-refractivity contribution in [3.05, 3.63) is 0 Å². The molecule has 0 bridgehead atoms. The molecule has 3 heteroatoms. The van der Waals surface area contributed by atoms with Crippen molar-refractivity contribution in [2.75, 3.05) is 0 Å². The van der Waals surface area contributed by atoms with Crippen LogP contribution >= 0.6 is 0 Å². The molecule has 1 unspecified atom stereocenters. The van der Waals surface area contributed by atoms with Crippen LogP contribution in [0, 0.1) is 46.3 Å². The van der Waals surface area contributed by atoms with Crippen molar-refractivity contribution in [1.29, 1.82) is 0 Å². The third-order valence-electron chi connectivity index (χ3n) is 4.98. The third kappa shape index (κ3) is 12.8. The smallest absolute Gasteiger partial charge is 0.309 e. The second-order valence-corrected chi connectivity index (χ2v) is 7.02. The van der Waals surface area contributed by atoms with Crippen molar-refractivity contribution < 1.29 is 50.7 Å². The van der Waals surface area contributed by atoms with Gasteiger partial charge in [-0.15, -0.1) is 0 Å². The minimum Gasteiger partial charge on any atom is -0.481 e. The third-order valence-corrected chi connectivity index (χ3v) is 4.98. The summed E-state index contributed by atoms with van der Waals surface area (Å²) in [5.41, 5.74) is -0.436. The van der Waals surface area contributed by atoms with Crippen molar-refractivity contribution in [3.8, 4) is 0 Å². The molecular weight excluding hydrogens is 416 g/mol. The molecule has 0 heterocycles. The maximum absolute atomic E-state index is 12.0. The average molecular weight is 457 g/mol. The number of carbonyl (C=O) groups is 1. The van der Waals surface area contributed by atoms with Gasteiger partial charge in [0.2, 0.25) is 0 Å². The Bertz CT molecular complexity index is 268. The fourth-order valence-electron chi connectivity index (χ4n) is 3.34. The summed E-state index contributed by atoms with van der Waals surface area (Å²) in [5, 5.41) is 9.85. The Hall–Kier alpha value is 0.821. The van der Waals surface area contributed by atoms with Crippen molar-refractivity contribution in [2.24, 2.45) is 5.41 Å². The van der Waals surface area contributed by atoms with Gasteiger partial charge >= 0.3 is 5.97 Å². The van der Waals surface area contributed by atoms with E-state index in [0.29, 0.717) is 0 Å². The second-order valence-electron chi connectivity index (χ2n) is 7.02. The molecule has 0 rings (SSSR count). The maximum atomic E-state index is 12.0. The Kier molecular flexibility index (Phi) is 20.0. The molecule has 0 amide bonds. The Morgan fingerprint density at radius 1 is 0.652 bits per heavy atom. The van der Waals surface area contributed by atoms with Gasteiger partial charge in [-0.25, -0.2) is 0 Å². The monoisotopic (exact) mass is 454 g/mol. The average Bonchev–Trinajstić information content (AvgIpc) is 2.51. The molecule has 1 atom stereocenters. The van der Waals surface area contributed by atoms with Crippen molar-refractivity contribution in [3.63, 3.8) is 0 Å². The molecule has 0 aromatic heterocycles. The molecule has 0 aliphatic carbocycles. The number of aliphatic carboxylic acids is 1. The van der Waals surface area contributed by atoms with E-state index < -0.39 is 11.4 Å². The Morgan fingerprint density at radius 3 is 1.43 bits per heavy atom. The molecule has 0 saturated carbocycles. The Labute approximate surface area is 178 Å². The van der Waals surface area contributed by atoms with Crippen molar-refractivity contribution in [2.45, 2.75) is 117 Å². The van der Waals surface area contributed by atoms with E-state index in [1.807, 2.05) is 0 Å². The van der Waals surface area contributed by atoms with E-state index >= 15 is 0 Å². The quantitative estimate of drug-likeness (QED) is 0.255. The summed E-state index contributed by atoms with van der Waals surface area (Å²) in [6.45, 7) is 6.60. The van der Waals surface area contributed by atoms with Crippen LogP contribution in [0.4, 0.5) is 0 Å². The van der Waals surface area contributed by atoms with E-state index in [9.17, 15) is 9.90 Å². The summed E-state index contributed by atoms with van der Waals surface area (Å²) in [7, 11) is 0. The van der Waals surface area contributed by atoms with Gasteiger partial charge in [0.1, 0.15) is 0 Å². The van der Waals surface area contributed by atoms with Gasteiger partial charge in [0.25, 0.3) is 0 Å². The van der Waals surface area contributed by atoms with E-state index in [4.69, 9.17) is 0 Å². The molecule has 2 nitrogen and oxygen atoms in total. The Morgan fingerprint density at radius 2 is 1.00 bits per heavy atom. The summed E-state index contributed by atoms with van der Waals surface area (Å²) in [4.78, 5) is 12.0. The van der Waals surface area contributed by atoms with Crippen LogP contribution in [-0.4, -0.2) is 11.1 Å². The van der Waals surface area contributed by atoms with Crippen molar-refractivity contribution in [1.82, 2.24) is 0 Å². The topological polar surface area (TPSA) is 37.3 Å². The molecule has 0 fully saturated rings. The predicted octanol–water partition coefficient (Wildman–Crippen LogP) is 6.97. The molecule has 23 heavy (non-hydrogen) atoms. The molecule has 0 aromatic rings. The summed E-state index contributed by atoms with van der Waals surface area (Å²) in [5.74, 6) is -0.536. The van der Waals surface area contributed by atoms with Gasteiger partial charge in [-0.2, -0.15) is 0 Å². The van der Waals surface area contributed by atoms with Gasteiger partial charge in [-0.1, -0.05) is 97.8 Å². The standard InChI is InChI=1S/C20H40O2.Nd/c1-4-7-10-12-13-15-18-20(19(21)22,16-9-6-3)17-14-11-8-5-2;/h4-18H2,1-3H3,(H,21,22);. The molecule has 136 valence electrons. The zero-order valence-electron chi connectivity index (χ0n) is 16.0. The van der Waals surface area contributed by atoms with Gasteiger partial charge in [-0.05, 0) is 19.3 Å². The maximum Gasteiger partial charge on any atom is 0.309 e. The number of rotatable bonds is 16. The van der Waals surface area contributed by atoms with Gasteiger partial charge in [-0.3, -0.25) is 4.79 Å². The Balaban J connectivity index is 0. The number of carboxylic acid groups (broad SMARTS) is 1. The summed E-state index contributed by atoms with van der Waals surface area (Å²) >= 11 is 0. The van der Waals surface area contributed by atoms with Crippen LogP contribution in [0.3, 0.4) is 0 Å². The van der Waals surface area contributed by atoms with Crippen LogP contribution in [0.25, 0.3) is 0 Å². The van der Waals surface area contributed by atoms with E-state index in [0.717, 1.165) is 44.9 Å². The molecular formula is C20H40NdO2. The number of unbranched alkanes of at least 4 members (excludes halogenated alkanes) is 9. The van der Waals surface area contributed by atoms with Crippen LogP contribution < -0.4 is 0 Å². The van der Waals surface area contributed by atoms with Crippen molar-refractivity contribution >= 4 is 5.97 Å². The summed E-state index contributed by atoms with van der Waals surface area (Å²) in [6, 6.07) is 0. The first-order valence-corrected chi connectivity index (χ1v) is 9.86. The molecule has 0 aromatic carbocycles. The summed E-state index contributed by atoms with van der Waals surface area (Å²) in [6.07, 6.45) is 17.0. The van der Waals surface area contributed by atoms with Gasteiger partial charge < -0.3 is 5.11 Å². The van der Waals surface area contributed by atoms with E-state index in [2.05, 4.69) is 20.8 Å². The van der Waals surface area contributed by atoms with Gasteiger partial charge in [0.15, 0.2) is 0 Å². The first-order valence-electron chi connectivity index (χ1n) is 9.86. The number of carboxylic acids is 1. The van der Waals surface area contributed by atoms with Crippen LogP contribution in [-0.2, 0) is 4.79 Å². The zero-order chi connectivity index (χ0) is 16.7. The summed E-state index contributed by atoms with van der Waals surface area (Å²) < 4.78 is 0. The minimum atomic E-state index is -0.536. The molecule has 0 spiro atoms.